The number of rotatable bonds is 3. The second kappa shape index (κ2) is 4.25. The smallest absolute Gasteiger partial charge is 0.336 e. The summed E-state index contributed by atoms with van der Waals surface area (Å²) in [4.78, 5) is 22.9. The number of aromatic nitrogens is 1. The average molecular weight is 229 g/mol. The number of nitrogens with zero attached hydrogens (tertiary/aromatic N) is 1. The molecule has 0 saturated heterocycles. The van der Waals surface area contributed by atoms with Gasteiger partial charge in [0.05, 0.1) is 11.1 Å². The number of aromatic carboxylic acids is 1. The third-order valence-electron chi connectivity index (χ3n) is 2.56. The lowest BCUT2D eigenvalue weighted by molar-refractivity contribution is 0.0699. The highest BCUT2D eigenvalue weighted by molar-refractivity contribution is 6.02. The highest BCUT2D eigenvalue weighted by Gasteiger charge is 2.12. The Morgan fingerprint density at radius 3 is 2.76 bits per heavy atom. The number of hydrogen-bond acceptors (Lipinski definition) is 2. The summed E-state index contributed by atoms with van der Waals surface area (Å²) in [6.07, 6.45) is 1.61. The summed E-state index contributed by atoms with van der Waals surface area (Å²) in [5.74, 6) is -1.09. The van der Waals surface area contributed by atoms with Crippen LogP contribution in [-0.4, -0.2) is 15.6 Å². The molecule has 1 aromatic carbocycles. The Morgan fingerprint density at radius 1 is 1.41 bits per heavy atom. The summed E-state index contributed by atoms with van der Waals surface area (Å²) in [5, 5.41) is 9.62. The molecule has 0 bridgehead atoms. The van der Waals surface area contributed by atoms with Gasteiger partial charge in [0.15, 0.2) is 0 Å². The maximum atomic E-state index is 11.8. The van der Waals surface area contributed by atoms with E-state index in [4.69, 9.17) is 5.11 Å². The van der Waals surface area contributed by atoms with Crippen molar-refractivity contribution in [2.75, 3.05) is 0 Å². The van der Waals surface area contributed by atoms with Crippen molar-refractivity contribution in [3.63, 3.8) is 0 Å². The lowest BCUT2D eigenvalue weighted by Gasteiger charge is -2.09. The molecule has 2 rings (SSSR count). The number of allylic oxidation sites excluding steroid dienone is 1. The first kappa shape index (κ1) is 11.1. The van der Waals surface area contributed by atoms with Crippen molar-refractivity contribution in [1.29, 1.82) is 0 Å². The molecule has 2 aromatic rings. The molecule has 0 atom stereocenters. The Kier molecular flexibility index (Phi) is 2.78. The molecule has 86 valence electrons. The topological polar surface area (TPSA) is 59.3 Å². The van der Waals surface area contributed by atoms with E-state index < -0.39 is 5.97 Å². The first-order valence-electron chi connectivity index (χ1n) is 5.12. The summed E-state index contributed by atoms with van der Waals surface area (Å²) >= 11 is 0. The Bertz CT molecular complexity index is 655. The van der Waals surface area contributed by atoms with Crippen LogP contribution in [0.5, 0.6) is 0 Å². The van der Waals surface area contributed by atoms with Gasteiger partial charge in [-0.05, 0) is 6.07 Å². The number of carboxylic acids is 1. The van der Waals surface area contributed by atoms with Crippen LogP contribution in [0.2, 0.25) is 0 Å². The number of para-hydroxylation sites is 1. The van der Waals surface area contributed by atoms with Crippen LogP contribution in [0.25, 0.3) is 10.9 Å². The van der Waals surface area contributed by atoms with E-state index in [0.29, 0.717) is 17.4 Å². The van der Waals surface area contributed by atoms with Crippen LogP contribution < -0.4 is 5.56 Å². The van der Waals surface area contributed by atoms with Crippen molar-refractivity contribution in [2.24, 2.45) is 0 Å². The van der Waals surface area contributed by atoms with E-state index >= 15 is 0 Å². The molecule has 0 aliphatic heterocycles. The molecule has 0 fully saturated rings. The number of hydrogen-bond donors (Lipinski definition) is 1. The molecule has 1 N–H and O–H groups in total. The predicted octanol–water partition coefficient (Wildman–Crippen LogP) is 1.89. The SMILES string of the molecule is C=CCn1c(=O)cc(C(=O)O)c2ccccc21. The molecule has 1 aromatic heterocycles. The number of carbonyl (C=O) groups is 1. The van der Waals surface area contributed by atoms with Crippen LogP contribution in [0.3, 0.4) is 0 Å². The molecule has 0 spiro atoms. The van der Waals surface area contributed by atoms with Gasteiger partial charge in [-0.1, -0.05) is 24.3 Å². The van der Waals surface area contributed by atoms with Crippen molar-refractivity contribution >= 4 is 16.9 Å². The zero-order valence-electron chi connectivity index (χ0n) is 9.09. The van der Waals surface area contributed by atoms with Gasteiger partial charge in [0.25, 0.3) is 5.56 Å². The van der Waals surface area contributed by atoms with Gasteiger partial charge in [-0.15, -0.1) is 6.58 Å². The van der Waals surface area contributed by atoms with Crippen molar-refractivity contribution in [3.05, 3.63) is 58.9 Å². The summed E-state index contributed by atoms with van der Waals surface area (Å²) in [6, 6.07) is 8.09. The minimum atomic E-state index is -1.09. The Hall–Kier alpha value is -2.36. The van der Waals surface area contributed by atoms with Gasteiger partial charge in [-0.2, -0.15) is 0 Å². The number of fused-ring (bicyclic) bond motifs is 1. The molecule has 1 heterocycles. The number of pyridine rings is 1. The van der Waals surface area contributed by atoms with Gasteiger partial charge < -0.3 is 9.67 Å². The third-order valence-corrected chi connectivity index (χ3v) is 2.56. The molecular formula is C13H11NO3. The van der Waals surface area contributed by atoms with E-state index in [1.165, 1.54) is 4.57 Å². The van der Waals surface area contributed by atoms with Gasteiger partial charge >= 0.3 is 5.97 Å². The Balaban J connectivity index is 2.91. The van der Waals surface area contributed by atoms with Crippen molar-refractivity contribution in [1.82, 2.24) is 4.57 Å². The minimum Gasteiger partial charge on any atom is -0.478 e. The van der Waals surface area contributed by atoms with Gasteiger partial charge in [0, 0.05) is 18.0 Å². The fourth-order valence-electron chi connectivity index (χ4n) is 1.83. The van der Waals surface area contributed by atoms with E-state index in [9.17, 15) is 9.59 Å². The normalized spacial score (nSPS) is 10.4. The Labute approximate surface area is 97.4 Å². The van der Waals surface area contributed by atoms with Crippen LogP contribution in [0.1, 0.15) is 10.4 Å². The lowest BCUT2D eigenvalue weighted by atomic mass is 10.1. The maximum absolute atomic E-state index is 11.8. The van der Waals surface area contributed by atoms with E-state index in [2.05, 4.69) is 6.58 Å². The molecule has 17 heavy (non-hydrogen) atoms. The molecule has 4 nitrogen and oxygen atoms in total. The molecule has 0 radical (unpaired) electrons. The monoisotopic (exact) mass is 229 g/mol. The summed E-state index contributed by atoms with van der Waals surface area (Å²) in [7, 11) is 0. The molecule has 0 unspecified atom stereocenters. The average Bonchev–Trinajstić information content (AvgIpc) is 2.32. The van der Waals surface area contributed by atoms with Crippen LogP contribution >= 0.6 is 0 Å². The molecule has 0 saturated carbocycles. The standard InChI is InChI=1S/C13H11NO3/c1-2-7-14-11-6-4-3-5-9(11)10(13(16)17)8-12(14)15/h2-6,8H,1,7H2,(H,16,17). The summed E-state index contributed by atoms with van der Waals surface area (Å²) in [6.45, 7) is 3.95. The number of carboxylic acid groups (broad SMARTS) is 1. The van der Waals surface area contributed by atoms with Gasteiger partial charge in [-0.3, -0.25) is 4.79 Å². The van der Waals surface area contributed by atoms with E-state index in [1.807, 2.05) is 0 Å². The van der Waals surface area contributed by atoms with E-state index in [-0.39, 0.29) is 11.1 Å². The summed E-state index contributed by atoms with van der Waals surface area (Å²) < 4.78 is 1.49. The molecule has 0 aliphatic carbocycles. The molecular weight excluding hydrogens is 218 g/mol. The van der Waals surface area contributed by atoms with Crippen molar-refractivity contribution < 1.29 is 9.90 Å². The highest BCUT2D eigenvalue weighted by Crippen LogP contribution is 2.16. The van der Waals surface area contributed by atoms with Crippen LogP contribution in [-0.2, 0) is 6.54 Å². The number of benzene rings is 1. The largest absolute Gasteiger partial charge is 0.478 e. The quantitative estimate of drug-likeness (QED) is 0.817. The third kappa shape index (κ3) is 1.85. The van der Waals surface area contributed by atoms with Gasteiger partial charge in [0.2, 0.25) is 0 Å². The molecule has 0 amide bonds. The van der Waals surface area contributed by atoms with Gasteiger partial charge in [-0.25, -0.2) is 4.79 Å². The Morgan fingerprint density at radius 2 is 2.12 bits per heavy atom. The summed E-state index contributed by atoms with van der Waals surface area (Å²) in [5.41, 5.74) is 0.309. The first-order valence-corrected chi connectivity index (χ1v) is 5.12. The van der Waals surface area contributed by atoms with Crippen molar-refractivity contribution in [2.45, 2.75) is 6.54 Å². The van der Waals surface area contributed by atoms with Gasteiger partial charge in [0.1, 0.15) is 0 Å². The highest BCUT2D eigenvalue weighted by atomic mass is 16.4. The second-order valence-corrected chi connectivity index (χ2v) is 3.62. The molecule has 4 heteroatoms. The predicted molar refractivity (Wildman–Crippen MR) is 65.4 cm³/mol. The zero-order valence-corrected chi connectivity index (χ0v) is 9.09. The minimum absolute atomic E-state index is 0.0333. The lowest BCUT2D eigenvalue weighted by Crippen LogP contribution is -2.21. The van der Waals surface area contributed by atoms with E-state index in [1.54, 1.807) is 30.3 Å². The molecule has 0 aliphatic rings. The zero-order chi connectivity index (χ0) is 12.4. The van der Waals surface area contributed by atoms with Crippen molar-refractivity contribution in [3.8, 4) is 0 Å². The second-order valence-electron chi connectivity index (χ2n) is 3.62. The van der Waals surface area contributed by atoms with Crippen LogP contribution in [0.4, 0.5) is 0 Å². The van der Waals surface area contributed by atoms with Crippen LogP contribution in [0, 0.1) is 0 Å². The maximum Gasteiger partial charge on any atom is 0.336 e. The van der Waals surface area contributed by atoms with Crippen LogP contribution in [0.15, 0.2) is 47.8 Å². The van der Waals surface area contributed by atoms with E-state index in [0.717, 1.165) is 6.07 Å². The fourth-order valence-corrected chi connectivity index (χ4v) is 1.83. The fraction of sp³-hybridized carbons (Fsp3) is 0.0769. The first-order chi connectivity index (χ1) is 8.15.